The van der Waals surface area contributed by atoms with Crippen molar-refractivity contribution < 1.29 is 9.90 Å². The summed E-state index contributed by atoms with van der Waals surface area (Å²) in [6.45, 7) is 0.747. The molecule has 0 heterocycles. The summed E-state index contributed by atoms with van der Waals surface area (Å²) < 4.78 is 2.73. The van der Waals surface area contributed by atoms with E-state index in [1.54, 1.807) is 0 Å². The van der Waals surface area contributed by atoms with Crippen molar-refractivity contribution in [3.8, 4) is 0 Å². The Morgan fingerprint density at radius 2 is 2.31 bits per heavy atom. The highest BCUT2D eigenvalue weighted by atomic mass is 32.2. The van der Waals surface area contributed by atoms with Crippen molar-refractivity contribution in [3.63, 3.8) is 0 Å². The molecule has 0 radical (unpaired) electrons. The molecule has 13 heavy (non-hydrogen) atoms. The summed E-state index contributed by atoms with van der Waals surface area (Å²) in [5, 5.41) is 8.29. The van der Waals surface area contributed by atoms with Crippen LogP contribution in [0, 0.1) is 0 Å². The third-order valence-corrected chi connectivity index (χ3v) is 1.80. The van der Waals surface area contributed by atoms with Crippen LogP contribution in [0.5, 0.6) is 0 Å². The molecule has 7 heteroatoms. The van der Waals surface area contributed by atoms with Gasteiger partial charge in [-0.05, 0) is 11.9 Å². The minimum Gasteiger partial charge on any atom is -0.481 e. The maximum atomic E-state index is 10.1. The average molecular weight is 206 g/mol. The van der Waals surface area contributed by atoms with E-state index < -0.39 is 5.97 Å². The van der Waals surface area contributed by atoms with Crippen molar-refractivity contribution in [3.05, 3.63) is 0 Å². The van der Waals surface area contributed by atoms with Crippen LogP contribution in [0.25, 0.3) is 0 Å². The number of aliphatic imine (C=N–C) groups is 1. The average Bonchev–Trinajstić information content (AvgIpc) is 2.04. The van der Waals surface area contributed by atoms with Gasteiger partial charge in [0.25, 0.3) is 0 Å². The zero-order chi connectivity index (χ0) is 10.1. The molecular formula is C6H14N4O2S. The fraction of sp³-hybridized carbons (Fsp3) is 0.667. The molecule has 0 aliphatic rings. The summed E-state index contributed by atoms with van der Waals surface area (Å²) >= 11 is 1.34. The highest BCUT2D eigenvalue weighted by Crippen LogP contribution is 1.89. The van der Waals surface area contributed by atoms with E-state index in [9.17, 15) is 4.79 Å². The van der Waals surface area contributed by atoms with E-state index in [2.05, 4.69) is 9.71 Å². The Morgan fingerprint density at radius 1 is 1.62 bits per heavy atom. The van der Waals surface area contributed by atoms with Crippen molar-refractivity contribution in [2.75, 3.05) is 18.8 Å². The molecule has 0 bridgehead atoms. The fourth-order valence-electron chi connectivity index (χ4n) is 0.488. The number of carbonyl (C=O) groups is 1. The lowest BCUT2D eigenvalue weighted by molar-refractivity contribution is -0.136. The minimum atomic E-state index is -0.883. The van der Waals surface area contributed by atoms with Crippen LogP contribution in [0.2, 0.25) is 0 Å². The second-order valence-electron chi connectivity index (χ2n) is 2.15. The van der Waals surface area contributed by atoms with E-state index in [1.807, 2.05) is 0 Å². The summed E-state index contributed by atoms with van der Waals surface area (Å²) in [7, 11) is 0. The Kier molecular flexibility index (Phi) is 7.12. The zero-order valence-corrected chi connectivity index (χ0v) is 8.01. The molecule has 0 rings (SSSR count). The summed E-state index contributed by atoms with van der Waals surface area (Å²) in [6, 6.07) is 0. The van der Waals surface area contributed by atoms with Gasteiger partial charge in [-0.3, -0.25) is 9.79 Å². The molecule has 0 atom stereocenters. The van der Waals surface area contributed by atoms with Gasteiger partial charge in [-0.1, -0.05) is 0 Å². The zero-order valence-electron chi connectivity index (χ0n) is 7.19. The molecule has 6 nitrogen and oxygen atoms in total. The van der Waals surface area contributed by atoms with Gasteiger partial charge in [0, 0.05) is 12.3 Å². The van der Waals surface area contributed by atoms with Crippen LogP contribution in [0.15, 0.2) is 4.99 Å². The predicted octanol–water partition coefficient (Wildman–Crippen LogP) is -1.03. The molecule has 0 aliphatic carbocycles. The molecule has 76 valence electrons. The number of nitrogens with one attached hydrogen (secondary N) is 1. The van der Waals surface area contributed by atoms with Gasteiger partial charge in [0.05, 0.1) is 13.0 Å². The van der Waals surface area contributed by atoms with Crippen LogP contribution in [0.1, 0.15) is 6.42 Å². The van der Waals surface area contributed by atoms with E-state index in [4.69, 9.17) is 16.6 Å². The van der Waals surface area contributed by atoms with Crippen LogP contribution in [0.4, 0.5) is 0 Å². The number of aliphatic carboxylic acids is 1. The monoisotopic (exact) mass is 206 g/mol. The third-order valence-electron chi connectivity index (χ3n) is 1.00. The first-order valence-corrected chi connectivity index (χ1v) is 4.75. The SMILES string of the molecule is NCCSNC(N)=NCCC(=O)O. The number of carboxylic acid groups (broad SMARTS) is 1. The largest absolute Gasteiger partial charge is 0.481 e. The van der Waals surface area contributed by atoms with Crippen molar-refractivity contribution in [2.45, 2.75) is 6.42 Å². The molecule has 0 aromatic heterocycles. The smallest absolute Gasteiger partial charge is 0.305 e. The number of guanidine groups is 1. The fourth-order valence-corrected chi connectivity index (χ4v) is 0.921. The first-order valence-electron chi connectivity index (χ1n) is 3.76. The molecule has 0 amide bonds. The first-order chi connectivity index (χ1) is 6.16. The maximum Gasteiger partial charge on any atom is 0.305 e. The summed E-state index contributed by atoms with van der Waals surface area (Å²) in [6.07, 6.45) is -0.00998. The lowest BCUT2D eigenvalue weighted by atomic mass is 10.4. The van der Waals surface area contributed by atoms with Gasteiger partial charge in [0.2, 0.25) is 0 Å². The van der Waals surface area contributed by atoms with E-state index in [0.29, 0.717) is 6.54 Å². The highest BCUT2D eigenvalue weighted by molar-refractivity contribution is 7.97. The molecule has 0 saturated heterocycles. The van der Waals surface area contributed by atoms with Gasteiger partial charge >= 0.3 is 5.97 Å². The van der Waals surface area contributed by atoms with Gasteiger partial charge in [0.1, 0.15) is 0 Å². The Morgan fingerprint density at radius 3 is 2.85 bits per heavy atom. The van der Waals surface area contributed by atoms with Crippen LogP contribution in [0.3, 0.4) is 0 Å². The van der Waals surface area contributed by atoms with Gasteiger partial charge in [-0.25, -0.2) is 0 Å². The number of hydrogen-bond acceptors (Lipinski definition) is 4. The van der Waals surface area contributed by atoms with E-state index >= 15 is 0 Å². The normalized spacial score (nSPS) is 11.3. The van der Waals surface area contributed by atoms with Crippen LogP contribution in [-0.2, 0) is 4.79 Å². The Bertz CT molecular complexity index is 185. The number of rotatable bonds is 6. The van der Waals surface area contributed by atoms with Crippen LogP contribution in [-0.4, -0.2) is 35.9 Å². The lowest BCUT2D eigenvalue weighted by Gasteiger charge is -2.02. The molecule has 0 aromatic carbocycles. The third kappa shape index (κ3) is 8.96. The number of hydrogen-bond donors (Lipinski definition) is 4. The van der Waals surface area contributed by atoms with Crippen molar-refractivity contribution >= 4 is 23.9 Å². The molecule has 6 N–H and O–H groups in total. The van der Waals surface area contributed by atoms with E-state index in [0.717, 1.165) is 5.75 Å². The number of carboxylic acids is 1. The van der Waals surface area contributed by atoms with E-state index in [1.165, 1.54) is 11.9 Å². The van der Waals surface area contributed by atoms with Gasteiger partial charge in [-0.15, -0.1) is 0 Å². The van der Waals surface area contributed by atoms with E-state index in [-0.39, 0.29) is 18.9 Å². The number of nitrogens with two attached hydrogens (primary N) is 2. The van der Waals surface area contributed by atoms with Crippen LogP contribution < -0.4 is 16.2 Å². The lowest BCUT2D eigenvalue weighted by Crippen LogP contribution is -2.27. The molecule has 0 aromatic rings. The van der Waals surface area contributed by atoms with Gasteiger partial charge in [-0.2, -0.15) is 0 Å². The minimum absolute atomic E-state index is 0.00998. The Balaban J connectivity index is 3.45. The number of nitrogens with zero attached hydrogens (tertiary/aromatic N) is 1. The first kappa shape index (κ1) is 12.0. The topological polar surface area (TPSA) is 114 Å². The molecule has 0 fully saturated rings. The standard InChI is InChI=1S/C6H14N4O2S/c7-2-4-13-10-6(8)9-3-1-5(11)12/h1-4,7H2,(H,11,12)(H3,8,9,10). The molecule has 0 saturated carbocycles. The summed E-state index contributed by atoms with van der Waals surface area (Å²) in [5.74, 6) is 0.0839. The molecular weight excluding hydrogens is 192 g/mol. The summed E-state index contributed by atoms with van der Waals surface area (Å²) in [4.78, 5) is 13.9. The molecule has 0 unspecified atom stereocenters. The van der Waals surface area contributed by atoms with Crippen molar-refractivity contribution in [1.29, 1.82) is 0 Å². The Labute approximate surface area is 80.9 Å². The summed E-state index contributed by atoms with van der Waals surface area (Å²) in [5.41, 5.74) is 10.6. The van der Waals surface area contributed by atoms with Crippen molar-refractivity contribution in [2.24, 2.45) is 16.5 Å². The Hall–Kier alpha value is -0.950. The second kappa shape index (κ2) is 7.69. The van der Waals surface area contributed by atoms with Gasteiger partial charge in [0.15, 0.2) is 5.96 Å². The molecule has 0 aliphatic heterocycles. The van der Waals surface area contributed by atoms with Crippen LogP contribution >= 0.6 is 11.9 Å². The quantitative estimate of drug-likeness (QED) is 0.191. The van der Waals surface area contributed by atoms with Crippen molar-refractivity contribution in [1.82, 2.24) is 4.72 Å². The highest BCUT2D eigenvalue weighted by Gasteiger charge is 1.95. The maximum absolute atomic E-state index is 10.1. The second-order valence-corrected chi connectivity index (χ2v) is 3.05. The van der Waals surface area contributed by atoms with Gasteiger partial charge < -0.3 is 21.3 Å². The molecule has 0 spiro atoms. The predicted molar refractivity (Wildman–Crippen MR) is 53.4 cm³/mol.